The maximum atomic E-state index is 11.7. The molecule has 0 radical (unpaired) electrons. The number of sulfone groups is 1. The number of nitrogens with zero attached hydrogens (tertiary/aromatic N) is 2. The van der Waals surface area contributed by atoms with Gasteiger partial charge in [0, 0.05) is 74.0 Å². The summed E-state index contributed by atoms with van der Waals surface area (Å²) in [6.45, 7) is 0. The number of aryl methyl sites for hydroxylation is 2. The number of methoxy groups -OCH3 is 1. The van der Waals surface area contributed by atoms with Crippen molar-refractivity contribution >= 4 is 149 Å². The molecular formula is C120H102N2O3S7+6. The fourth-order valence-electron chi connectivity index (χ4n) is 17.2. The van der Waals surface area contributed by atoms with Gasteiger partial charge in [0.25, 0.3) is 0 Å². The normalized spacial score (nSPS) is 12.0. The molecule has 1 fully saturated rings. The number of para-hydroxylation sites is 2. The Labute approximate surface area is 793 Å². The van der Waals surface area contributed by atoms with Crippen LogP contribution in [0.2, 0.25) is 0 Å². The average Bonchev–Trinajstić information content (AvgIpc) is 1.59. The molecule has 0 bridgehead atoms. The molecule has 0 saturated carbocycles. The summed E-state index contributed by atoms with van der Waals surface area (Å²) in [6, 6.07) is 171. The molecule has 0 unspecified atom stereocenters. The monoisotopic (exact) mass is 1840 g/mol. The smallest absolute Gasteiger partial charge is 0.191 e. The molecule has 5 nitrogen and oxygen atoms in total. The molecule has 4 heterocycles. The maximum absolute atomic E-state index is 11.7. The largest absolute Gasteiger partial charge is 0.496 e. The lowest BCUT2D eigenvalue weighted by Crippen LogP contribution is -2.06. The lowest BCUT2D eigenvalue weighted by atomic mass is 10.1. The first-order valence-corrected chi connectivity index (χ1v) is 54.0. The van der Waals surface area contributed by atoms with E-state index in [9.17, 15) is 8.42 Å². The van der Waals surface area contributed by atoms with Crippen LogP contribution in [-0.4, -0.2) is 42.4 Å². The number of thiophene rings is 1. The highest BCUT2D eigenvalue weighted by Crippen LogP contribution is 2.49. The predicted octanol–water partition coefficient (Wildman–Crippen LogP) is 31.2. The molecule has 0 atom stereocenters. The average molecular weight is 1840 g/mol. The van der Waals surface area contributed by atoms with Gasteiger partial charge < -0.3 is 13.9 Å². The lowest BCUT2D eigenvalue weighted by molar-refractivity contribution is 0.419. The molecule has 23 rings (SSSR count). The van der Waals surface area contributed by atoms with Crippen LogP contribution in [0.25, 0.3) is 79.2 Å². The molecule has 0 N–H and O–H groups in total. The van der Waals surface area contributed by atoms with Crippen molar-refractivity contribution in [3.8, 4) is 10.6 Å². The van der Waals surface area contributed by atoms with Gasteiger partial charge in [-0.3, -0.25) is 0 Å². The quantitative estimate of drug-likeness (QED) is 0.0906. The Balaban J connectivity index is 0.000000107. The van der Waals surface area contributed by atoms with Gasteiger partial charge in [0.1, 0.15) is 39.0 Å². The van der Waals surface area contributed by atoms with Crippen LogP contribution in [0.15, 0.2) is 566 Å². The minimum absolute atomic E-state index is 0.0594. The molecule has 0 amide bonds. The summed E-state index contributed by atoms with van der Waals surface area (Å²) in [5.74, 6) is 3.74. The molecule has 3 aromatic heterocycles. The fourth-order valence-corrected chi connectivity index (χ4v) is 31.8. The second-order valence-corrected chi connectivity index (χ2v) is 46.1. The van der Waals surface area contributed by atoms with Gasteiger partial charge in [-0.1, -0.05) is 273 Å². The van der Waals surface area contributed by atoms with E-state index in [1.165, 1.54) is 158 Å². The fraction of sp³-hybridized carbons (Fsp3) is 0.0667. The number of hydrogen-bond donors (Lipinski definition) is 0. The van der Waals surface area contributed by atoms with E-state index in [1.54, 1.807) is 24.1 Å². The van der Waals surface area contributed by atoms with Crippen LogP contribution >= 0.6 is 10.5 Å². The van der Waals surface area contributed by atoms with Crippen LogP contribution in [0.5, 0.6) is 5.75 Å². The number of benzene rings is 19. The van der Waals surface area contributed by atoms with Crippen LogP contribution in [0.3, 0.4) is 0 Å². The van der Waals surface area contributed by atoms with E-state index in [4.69, 9.17) is 4.74 Å². The third kappa shape index (κ3) is 20.3. The minimum atomic E-state index is -3.17. The van der Waals surface area contributed by atoms with Crippen molar-refractivity contribution in [2.75, 3.05) is 24.9 Å². The summed E-state index contributed by atoms with van der Waals surface area (Å²) in [7, 11) is 2.79. The van der Waals surface area contributed by atoms with Crippen molar-refractivity contribution in [2.24, 2.45) is 14.1 Å². The molecule has 132 heavy (non-hydrogen) atoms. The number of ether oxygens (including phenoxy) is 1. The third-order valence-electron chi connectivity index (χ3n) is 23.3. The Hall–Kier alpha value is -13.2. The van der Waals surface area contributed by atoms with E-state index in [-0.39, 0.29) is 54.0 Å². The summed E-state index contributed by atoms with van der Waals surface area (Å²) < 4.78 is 36.3. The van der Waals surface area contributed by atoms with Crippen LogP contribution in [0.1, 0.15) is 12.8 Å². The Kier molecular flexibility index (Phi) is 28.9. The molecule has 1 saturated heterocycles. The van der Waals surface area contributed by atoms with Crippen LogP contribution in [-0.2, 0) is 78.4 Å². The van der Waals surface area contributed by atoms with E-state index in [1.807, 2.05) is 48.5 Å². The molecule has 12 heteroatoms. The SMILES string of the molecule is COc1ccc([S+](c2ccccc2)c2ccccc2)c2ccccc12.CS(=O)(=O)c1ccc([S+](c2ccccc2)c2ccccc2)cc1.Cn1cc([S+](c2ccccc2)c2ccccc2)c2ccccc21.Cn1cc([S+]2CCCC2)c2ccccc21.c1ccc(-[s+]2c3ccccc3c3ccccc32)cc1.c1ccc([S+](c2cccc3ccccc23)c2cccc3ccccc23)cc1. The van der Waals surface area contributed by atoms with Crippen LogP contribution in [0.4, 0.5) is 0 Å². The molecular weight excluding hydrogens is 1740 g/mol. The van der Waals surface area contributed by atoms with Crippen molar-refractivity contribution in [3.63, 3.8) is 0 Å². The van der Waals surface area contributed by atoms with E-state index >= 15 is 0 Å². The topological polar surface area (TPSA) is 53.2 Å². The zero-order chi connectivity index (χ0) is 90.0. The Morgan fingerprint density at radius 1 is 0.265 bits per heavy atom. The zero-order valence-corrected chi connectivity index (χ0v) is 79.9. The summed E-state index contributed by atoms with van der Waals surface area (Å²) in [6.07, 6.45) is 8.71. The Morgan fingerprint density at radius 3 is 1.02 bits per heavy atom. The van der Waals surface area contributed by atoms with E-state index in [0.29, 0.717) is 15.8 Å². The highest BCUT2D eigenvalue weighted by molar-refractivity contribution is 7.98. The van der Waals surface area contributed by atoms with Gasteiger partial charge in [-0.15, -0.1) is 0 Å². The van der Waals surface area contributed by atoms with E-state index in [0.717, 1.165) is 16.0 Å². The first kappa shape index (κ1) is 89.4. The molecule has 19 aromatic carbocycles. The van der Waals surface area contributed by atoms with E-state index in [2.05, 4.69) is 460 Å². The number of aromatic nitrogens is 2. The Bertz CT molecular complexity index is 7430. The van der Waals surface area contributed by atoms with Crippen molar-refractivity contribution in [1.82, 2.24) is 9.13 Å². The van der Waals surface area contributed by atoms with Gasteiger partial charge in [0.2, 0.25) is 0 Å². The standard InChI is InChI=1S/C26H19S.C23H19OS.C21H18NS.C19H17O2S2.C18H13S.C13H16NS/c1-2-14-22(15-3-1)27(25-18-8-12-20-10-4-6-16-23(20)25)26-19-9-13-21-11-5-7-17-24(21)26;1-24-22-16-17-23(21-15-9-8-14-20(21)22)25(18-10-4-2-5-11-18)19-12-6-3-7-13-19;1-22-16-21(19-14-8-9-15-20(19)22)23(17-10-4-2-5-11-17)18-12-6-3-7-13-18;1-23(20,21)19-14-12-18(13-15-19)22(16-8-4-2-5-9-16)17-10-6-3-7-11-17;1-2-8-14(9-3-1)19-17-12-6-4-10-15(17)16-11-5-7-13-18(16)19;1-14-10-13(15-8-4-5-9-15)11-6-2-3-7-12(11)14/h1-19H;2-17H,1H3;2-16H,1H3;2-15H,1H3;1-13H;2-3,6-7,10H,4-5,8-9H2,1H3/q6*+1. The predicted molar refractivity (Wildman–Crippen MR) is 567 cm³/mol. The number of rotatable bonds is 16. The highest BCUT2D eigenvalue weighted by atomic mass is 32.2. The Morgan fingerprint density at radius 2 is 0.583 bits per heavy atom. The molecule has 1 aliphatic rings. The first-order valence-electron chi connectivity index (χ1n) is 44.4. The van der Waals surface area contributed by atoms with Gasteiger partial charge in [-0.2, -0.15) is 0 Å². The number of fused-ring (bicyclic) bond motifs is 8. The van der Waals surface area contributed by atoms with Gasteiger partial charge in [0.05, 0.1) is 68.0 Å². The van der Waals surface area contributed by atoms with Crippen LogP contribution in [0, 0.1) is 0 Å². The first-order chi connectivity index (χ1) is 65.0. The molecule has 1 aliphatic heterocycles. The summed E-state index contributed by atoms with van der Waals surface area (Å²) in [5, 5.41) is 13.3. The second kappa shape index (κ2) is 42.8. The second-order valence-electron chi connectivity index (χ2n) is 31.9. The number of hydrogen-bond acceptors (Lipinski definition) is 3. The van der Waals surface area contributed by atoms with Gasteiger partial charge in [0.15, 0.2) is 87.8 Å². The van der Waals surface area contributed by atoms with Crippen LogP contribution < -0.4 is 4.74 Å². The molecule has 0 spiro atoms. The van der Waals surface area contributed by atoms with Gasteiger partial charge >= 0.3 is 0 Å². The molecule has 22 aromatic rings. The lowest BCUT2D eigenvalue weighted by Gasteiger charge is -2.12. The van der Waals surface area contributed by atoms with Crippen molar-refractivity contribution in [3.05, 3.63) is 498 Å². The van der Waals surface area contributed by atoms with Crippen molar-refractivity contribution in [2.45, 2.75) is 81.4 Å². The van der Waals surface area contributed by atoms with Crippen molar-refractivity contribution < 1.29 is 13.2 Å². The van der Waals surface area contributed by atoms with Gasteiger partial charge in [-0.05, 0) is 236 Å². The minimum Gasteiger partial charge on any atom is -0.496 e. The summed E-state index contributed by atoms with van der Waals surface area (Å²) >= 11 is 0. The highest BCUT2D eigenvalue weighted by Gasteiger charge is 2.37. The van der Waals surface area contributed by atoms with Crippen molar-refractivity contribution in [1.29, 1.82) is 0 Å². The van der Waals surface area contributed by atoms with Gasteiger partial charge in [-0.25, -0.2) is 8.42 Å². The molecule has 646 valence electrons. The summed E-state index contributed by atoms with van der Waals surface area (Å²) in [5.41, 5.74) is 2.67. The third-order valence-corrected chi connectivity index (χ3v) is 38.4. The zero-order valence-electron chi connectivity index (χ0n) is 74.1. The van der Waals surface area contributed by atoms with E-state index < -0.39 is 9.84 Å². The summed E-state index contributed by atoms with van der Waals surface area (Å²) in [4.78, 5) is 19.1. The molecule has 0 aliphatic carbocycles. The maximum Gasteiger partial charge on any atom is 0.191 e.